The molecule has 4 heteroatoms. The van der Waals surface area contributed by atoms with Gasteiger partial charge in [0.2, 0.25) is 0 Å². The largest absolute Gasteiger partial charge is 0.463 e. The molecule has 30 heavy (non-hydrogen) atoms. The molecule has 10 unspecified atom stereocenters. The highest BCUT2D eigenvalue weighted by Gasteiger charge is 2.72. The predicted octanol–water partition coefficient (Wildman–Crippen LogP) is 5.50. The van der Waals surface area contributed by atoms with Crippen molar-refractivity contribution in [2.24, 2.45) is 40.4 Å². The van der Waals surface area contributed by atoms with Gasteiger partial charge in [0.15, 0.2) is 6.29 Å². The first-order valence-electron chi connectivity index (χ1n) is 12.3. The molecule has 1 heterocycles. The number of hydrogen-bond donors (Lipinski definition) is 0. The van der Waals surface area contributed by atoms with Crippen LogP contribution in [-0.4, -0.2) is 31.1 Å². The molecule has 2 bridgehead atoms. The van der Waals surface area contributed by atoms with Crippen molar-refractivity contribution < 1.29 is 19.0 Å². The van der Waals surface area contributed by atoms with Gasteiger partial charge in [-0.05, 0) is 86.9 Å². The quantitative estimate of drug-likeness (QED) is 0.450. The maximum absolute atomic E-state index is 11.5. The van der Waals surface area contributed by atoms with Crippen LogP contribution >= 0.6 is 0 Å². The van der Waals surface area contributed by atoms with E-state index in [1.54, 1.807) is 14.0 Å². The normalized spacial score (nSPS) is 54.5. The van der Waals surface area contributed by atoms with Crippen LogP contribution in [0.3, 0.4) is 0 Å². The minimum absolute atomic E-state index is 0.0402. The third kappa shape index (κ3) is 2.62. The second-order valence-corrected chi connectivity index (χ2v) is 11.5. The van der Waals surface area contributed by atoms with Crippen molar-refractivity contribution >= 4 is 5.97 Å². The highest BCUT2D eigenvalue weighted by Crippen LogP contribution is 2.73. The standard InChI is InChI=1S/C26H40O4/c1-6-19-20-11-14-26(30-23(19)28-5)22-8-7-17-15-18(29-16(2)27)9-12-24(17,3)21(22)10-13-25(20,26)4/h6,17-23H,1,7-15H2,2-5H3. The van der Waals surface area contributed by atoms with Crippen molar-refractivity contribution in [3.05, 3.63) is 12.7 Å². The molecule has 4 aliphatic carbocycles. The zero-order valence-corrected chi connectivity index (χ0v) is 19.3. The highest BCUT2D eigenvalue weighted by molar-refractivity contribution is 5.66. The van der Waals surface area contributed by atoms with Crippen molar-refractivity contribution in [1.29, 1.82) is 0 Å². The zero-order chi connectivity index (χ0) is 21.3. The Labute approximate surface area is 182 Å². The van der Waals surface area contributed by atoms with Crippen LogP contribution in [0, 0.1) is 40.4 Å². The van der Waals surface area contributed by atoms with Crippen molar-refractivity contribution in [1.82, 2.24) is 0 Å². The van der Waals surface area contributed by atoms with E-state index >= 15 is 0 Å². The lowest BCUT2D eigenvalue weighted by molar-refractivity contribution is -0.332. The van der Waals surface area contributed by atoms with Gasteiger partial charge in [0, 0.05) is 25.4 Å². The fraction of sp³-hybridized carbons (Fsp3) is 0.885. The molecule has 5 fully saturated rings. The van der Waals surface area contributed by atoms with E-state index in [-0.39, 0.29) is 29.4 Å². The average molecular weight is 417 g/mol. The Morgan fingerprint density at radius 3 is 2.50 bits per heavy atom. The topological polar surface area (TPSA) is 44.8 Å². The molecule has 0 radical (unpaired) electrons. The van der Waals surface area contributed by atoms with Gasteiger partial charge >= 0.3 is 5.97 Å². The van der Waals surface area contributed by atoms with Gasteiger partial charge in [-0.1, -0.05) is 19.9 Å². The van der Waals surface area contributed by atoms with E-state index in [2.05, 4.69) is 26.5 Å². The minimum atomic E-state index is -0.146. The third-order valence-corrected chi connectivity index (χ3v) is 10.8. The molecule has 5 aliphatic rings. The summed E-state index contributed by atoms with van der Waals surface area (Å²) in [6.07, 6.45) is 12.8. The summed E-state index contributed by atoms with van der Waals surface area (Å²) in [5.41, 5.74) is 0.538. The van der Waals surface area contributed by atoms with E-state index in [1.165, 1.54) is 44.9 Å². The number of carbonyl (C=O) groups is 1. The Morgan fingerprint density at radius 2 is 1.80 bits per heavy atom. The summed E-state index contributed by atoms with van der Waals surface area (Å²) in [5.74, 6) is 2.80. The monoisotopic (exact) mass is 416 g/mol. The van der Waals surface area contributed by atoms with Crippen LogP contribution in [0.2, 0.25) is 0 Å². The number of hydrogen-bond acceptors (Lipinski definition) is 4. The first kappa shape index (κ1) is 21.0. The Bertz CT molecular complexity index is 720. The summed E-state index contributed by atoms with van der Waals surface area (Å²) in [6, 6.07) is 0. The molecule has 1 aliphatic heterocycles. The maximum atomic E-state index is 11.5. The van der Waals surface area contributed by atoms with Crippen molar-refractivity contribution in [3.8, 4) is 0 Å². The van der Waals surface area contributed by atoms with Crippen LogP contribution in [0.25, 0.3) is 0 Å². The molecule has 5 rings (SSSR count). The van der Waals surface area contributed by atoms with Gasteiger partial charge in [-0.25, -0.2) is 0 Å². The van der Waals surface area contributed by atoms with E-state index in [0.29, 0.717) is 35.0 Å². The van der Waals surface area contributed by atoms with Crippen LogP contribution in [0.15, 0.2) is 12.7 Å². The number of fused-ring (bicyclic) bond motifs is 3. The fourth-order valence-electron chi connectivity index (χ4n) is 9.39. The molecule has 4 nitrogen and oxygen atoms in total. The minimum Gasteiger partial charge on any atom is -0.463 e. The summed E-state index contributed by atoms with van der Waals surface area (Å²) in [6.45, 7) is 10.8. The van der Waals surface area contributed by atoms with Gasteiger partial charge in [0.05, 0.1) is 5.60 Å². The van der Waals surface area contributed by atoms with Crippen LogP contribution in [-0.2, 0) is 19.0 Å². The number of esters is 1. The lowest BCUT2D eigenvalue weighted by Crippen LogP contribution is -2.67. The summed E-state index contributed by atoms with van der Waals surface area (Å²) in [4.78, 5) is 11.5. The first-order chi connectivity index (χ1) is 14.3. The zero-order valence-electron chi connectivity index (χ0n) is 19.3. The van der Waals surface area contributed by atoms with Gasteiger partial charge in [0.1, 0.15) is 6.10 Å². The van der Waals surface area contributed by atoms with E-state index in [4.69, 9.17) is 14.2 Å². The van der Waals surface area contributed by atoms with Crippen LogP contribution in [0.4, 0.5) is 0 Å². The van der Waals surface area contributed by atoms with Gasteiger partial charge < -0.3 is 14.2 Å². The average Bonchev–Trinajstić information content (AvgIpc) is 2.89. The molecule has 1 saturated heterocycles. The Morgan fingerprint density at radius 1 is 1.03 bits per heavy atom. The van der Waals surface area contributed by atoms with Crippen molar-refractivity contribution in [2.75, 3.05) is 7.11 Å². The Hall–Kier alpha value is -0.870. The Kier molecular flexibility index (Phi) is 4.95. The lowest BCUT2D eigenvalue weighted by Gasteiger charge is -2.67. The van der Waals surface area contributed by atoms with Gasteiger partial charge in [0.25, 0.3) is 0 Å². The van der Waals surface area contributed by atoms with Crippen LogP contribution < -0.4 is 0 Å². The molecule has 4 saturated carbocycles. The summed E-state index contributed by atoms with van der Waals surface area (Å²) < 4.78 is 18.5. The van der Waals surface area contributed by atoms with Gasteiger partial charge in [-0.15, -0.1) is 6.58 Å². The molecule has 0 spiro atoms. The summed E-state index contributed by atoms with van der Waals surface area (Å²) >= 11 is 0. The van der Waals surface area contributed by atoms with E-state index in [9.17, 15) is 4.79 Å². The van der Waals surface area contributed by atoms with Crippen LogP contribution in [0.5, 0.6) is 0 Å². The van der Waals surface area contributed by atoms with E-state index in [0.717, 1.165) is 12.8 Å². The number of methoxy groups -OCH3 is 1. The maximum Gasteiger partial charge on any atom is 0.302 e. The second kappa shape index (κ2) is 7.07. The van der Waals surface area contributed by atoms with Crippen molar-refractivity contribution in [2.45, 2.75) is 96.6 Å². The first-order valence-corrected chi connectivity index (χ1v) is 12.3. The molecule has 0 amide bonds. The van der Waals surface area contributed by atoms with Gasteiger partial charge in [-0.2, -0.15) is 0 Å². The molecule has 0 aromatic heterocycles. The third-order valence-electron chi connectivity index (χ3n) is 10.8. The number of ether oxygens (including phenoxy) is 3. The predicted molar refractivity (Wildman–Crippen MR) is 116 cm³/mol. The van der Waals surface area contributed by atoms with E-state index < -0.39 is 0 Å². The van der Waals surface area contributed by atoms with E-state index in [1.807, 2.05) is 0 Å². The molecule has 0 N–H and O–H groups in total. The molecule has 10 atom stereocenters. The summed E-state index contributed by atoms with van der Waals surface area (Å²) in [5, 5.41) is 0. The molecular weight excluding hydrogens is 376 g/mol. The SMILES string of the molecule is C=CC1C(OC)OC23CCC1C2(C)CCC1C3CCC2CC(OC(C)=O)CCC21C. The lowest BCUT2D eigenvalue weighted by atomic mass is 9.42. The number of rotatable bonds is 3. The van der Waals surface area contributed by atoms with Crippen molar-refractivity contribution in [3.63, 3.8) is 0 Å². The second-order valence-electron chi connectivity index (χ2n) is 11.5. The smallest absolute Gasteiger partial charge is 0.302 e. The van der Waals surface area contributed by atoms with Crippen LogP contribution in [0.1, 0.15) is 78.6 Å². The molecule has 0 aromatic carbocycles. The molecular formula is C26H40O4. The number of carbonyl (C=O) groups excluding carboxylic acids is 1. The summed E-state index contributed by atoms with van der Waals surface area (Å²) in [7, 11) is 1.80. The molecule has 168 valence electrons. The Balaban J connectivity index is 1.45. The fourth-order valence-corrected chi connectivity index (χ4v) is 9.39. The van der Waals surface area contributed by atoms with Gasteiger partial charge in [-0.3, -0.25) is 4.79 Å². The molecule has 0 aromatic rings. The highest BCUT2D eigenvalue weighted by atomic mass is 16.7.